The number of hydrogen-bond acceptors (Lipinski definition) is 5. The highest BCUT2D eigenvalue weighted by Crippen LogP contribution is 2.30. The van der Waals surface area contributed by atoms with Gasteiger partial charge in [0.2, 0.25) is 5.91 Å². The molecule has 0 spiro atoms. The van der Waals surface area contributed by atoms with Crippen LogP contribution in [0.5, 0.6) is 0 Å². The van der Waals surface area contributed by atoms with E-state index in [0.29, 0.717) is 15.9 Å². The molecule has 27 heavy (non-hydrogen) atoms. The fourth-order valence-electron chi connectivity index (χ4n) is 4.17. The van der Waals surface area contributed by atoms with Gasteiger partial charge in [0.25, 0.3) is 0 Å². The number of piperidine rings is 1. The van der Waals surface area contributed by atoms with Crippen molar-refractivity contribution >= 4 is 32.6 Å². The molecule has 2 saturated heterocycles. The predicted molar refractivity (Wildman–Crippen MR) is 103 cm³/mol. The Balaban J connectivity index is 1.41. The highest BCUT2D eigenvalue weighted by Gasteiger charge is 2.33. The number of aromatic nitrogens is 1. The minimum Gasteiger partial charge on any atom is -0.302 e. The Morgan fingerprint density at radius 2 is 2.15 bits per heavy atom. The van der Waals surface area contributed by atoms with Crippen LogP contribution in [-0.4, -0.2) is 59.5 Å². The van der Waals surface area contributed by atoms with Gasteiger partial charge in [0.15, 0.2) is 10.9 Å². The van der Waals surface area contributed by atoms with Crippen molar-refractivity contribution in [1.82, 2.24) is 14.8 Å². The third-order valence-corrected chi connectivity index (χ3v) is 6.60. The SMILES string of the molecule is CCN1CCC(N2CCCC(C(=O)Nc3nc4c(F)cc(F)cc4s3)C2)C1. The maximum absolute atomic E-state index is 13.8. The Morgan fingerprint density at radius 1 is 1.30 bits per heavy atom. The van der Waals surface area contributed by atoms with E-state index in [9.17, 15) is 13.6 Å². The molecule has 1 aromatic heterocycles. The van der Waals surface area contributed by atoms with Crippen LogP contribution < -0.4 is 5.32 Å². The standard InChI is InChI=1S/C19H24F2N4OS/c1-2-24-7-5-14(11-24)25-6-3-4-12(10-25)18(26)23-19-22-17-15(21)8-13(20)9-16(17)27-19/h8-9,12,14H,2-7,10-11H2,1H3,(H,22,23,26). The summed E-state index contributed by atoms with van der Waals surface area (Å²) in [4.78, 5) is 21.7. The largest absolute Gasteiger partial charge is 0.302 e. The Hall–Kier alpha value is -1.64. The molecule has 8 heteroatoms. The quantitative estimate of drug-likeness (QED) is 0.864. The van der Waals surface area contributed by atoms with Crippen molar-refractivity contribution in [2.24, 2.45) is 5.92 Å². The summed E-state index contributed by atoms with van der Waals surface area (Å²) in [5, 5.41) is 3.15. The van der Waals surface area contributed by atoms with Gasteiger partial charge in [0, 0.05) is 25.2 Å². The van der Waals surface area contributed by atoms with Gasteiger partial charge in [-0.2, -0.15) is 0 Å². The molecule has 0 radical (unpaired) electrons. The Labute approximate surface area is 161 Å². The number of hydrogen-bond donors (Lipinski definition) is 1. The Morgan fingerprint density at radius 3 is 2.93 bits per heavy atom. The first-order valence-corrected chi connectivity index (χ1v) is 10.4. The highest BCUT2D eigenvalue weighted by atomic mass is 32.1. The molecule has 3 heterocycles. The normalized spacial score (nSPS) is 24.6. The van der Waals surface area contributed by atoms with E-state index in [4.69, 9.17) is 0 Å². The second-order valence-corrected chi connectivity index (χ2v) is 8.44. The molecule has 2 aromatic rings. The average molecular weight is 394 g/mol. The topological polar surface area (TPSA) is 48.5 Å². The zero-order chi connectivity index (χ0) is 19.0. The molecule has 2 unspecified atom stereocenters. The van der Waals surface area contributed by atoms with E-state index in [0.717, 1.165) is 69.4 Å². The van der Waals surface area contributed by atoms with E-state index in [1.807, 2.05) is 0 Å². The van der Waals surface area contributed by atoms with Crippen LogP contribution in [0, 0.1) is 17.6 Å². The molecule has 1 aromatic carbocycles. The number of fused-ring (bicyclic) bond motifs is 1. The maximum Gasteiger partial charge on any atom is 0.230 e. The van der Waals surface area contributed by atoms with Crippen molar-refractivity contribution in [1.29, 1.82) is 0 Å². The zero-order valence-corrected chi connectivity index (χ0v) is 16.2. The lowest BCUT2D eigenvalue weighted by Gasteiger charge is -2.36. The lowest BCUT2D eigenvalue weighted by molar-refractivity contribution is -0.121. The number of benzene rings is 1. The zero-order valence-electron chi connectivity index (χ0n) is 15.4. The molecule has 2 aliphatic heterocycles. The van der Waals surface area contributed by atoms with Gasteiger partial charge < -0.3 is 10.2 Å². The minimum atomic E-state index is -0.702. The lowest BCUT2D eigenvalue weighted by atomic mass is 9.95. The van der Waals surface area contributed by atoms with Crippen molar-refractivity contribution < 1.29 is 13.6 Å². The summed E-state index contributed by atoms with van der Waals surface area (Å²) in [5.74, 6) is -1.51. The summed E-state index contributed by atoms with van der Waals surface area (Å²) >= 11 is 1.10. The van der Waals surface area contributed by atoms with Gasteiger partial charge in [-0.05, 0) is 45.0 Å². The van der Waals surface area contributed by atoms with Crippen molar-refractivity contribution in [3.05, 3.63) is 23.8 Å². The number of nitrogens with zero attached hydrogens (tertiary/aromatic N) is 3. The fraction of sp³-hybridized carbons (Fsp3) is 0.579. The number of carbonyl (C=O) groups excluding carboxylic acids is 1. The van der Waals surface area contributed by atoms with E-state index in [1.54, 1.807) is 0 Å². The number of likely N-dealkylation sites (N-methyl/N-ethyl adjacent to an activating group) is 1. The first kappa shape index (κ1) is 18.7. The minimum absolute atomic E-state index is 0.0787. The van der Waals surface area contributed by atoms with Gasteiger partial charge in [-0.1, -0.05) is 18.3 Å². The molecule has 2 atom stereocenters. The molecule has 0 aliphatic carbocycles. The lowest BCUT2D eigenvalue weighted by Crippen LogP contribution is -2.46. The smallest absolute Gasteiger partial charge is 0.230 e. The predicted octanol–water partition coefficient (Wildman–Crippen LogP) is 3.32. The number of carbonyl (C=O) groups is 1. The van der Waals surface area contributed by atoms with Gasteiger partial charge in [-0.15, -0.1) is 0 Å². The molecule has 1 N–H and O–H groups in total. The monoisotopic (exact) mass is 394 g/mol. The van der Waals surface area contributed by atoms with E-state index >= 15 is 0 Å². The van der Waals surface area contributed by atoms with Crippen LogP contribution in [0.2, 0.25) is 0 Å². The molecule has 0 bridgehead atoms. The molecule has 2 aliphatic rings. The van der Waals surface area contributed by atoms with Gasteiger partial charge in [0.05, 0.1) is 10.6 Å². The van der Waals surface area contributed by atoms with Gasteiger partial charge in [-0.25, -0.2) is 13.8 Å². The van der Waals surface area contributed by atoms with E-state index in [2.05, 4.69) is 27.0 Å². The van der Waals surface area contributed by atoms with Crippen molar-refractivity contribution in [2.75, 3.05) is 38.0 Å². The number of rotatable bonds is 4. The van der Waals surface area contributed by atoms with Gasteiger partial charge in [-0.3, -0.25) is 9.69 Å². The van der Waals surface area contributed by atoms with E-state index in [1.165, 1.54) is 6.07 Å². The molecule has 1 amide bonds. The summed E-state index contributed by atoms with van der Waals surface area (Å²) < 4.78 is 27.6. The summed E-state index contributed by atoms with van der Waals surface area (Å²) in [6.07, 6.45) is 3.01. The molecular formula is C19H24F2N4OS. The average Bonchev–Trinajstić information content (AvgIpc) is 3.28. The third kappa shape index (κ3) is 3.97. The van der Waals surface area contributed by atoms with Crippen LogP contribution in [0.3, 0.4) is 0 Å². The molecule has 4 rings (SSSR count). The number of amides is 1. The summed E-state index contributed by atoms with van der Waals surface area (Å²) in [5.41, 5.74) is 0.104. The second-order valence-electron chi connectivity index (χ2n) is 7.41. The molecule has 146 valence electrons. The van der Waals surface area contributed by atoms with Crippen LogP contribution >= 0.6 is 11.3 Å². The molecule has 0 saturated carbocycles. The number of anilines is 1. The molecular weight excluding hydrogens is 370 g/mol. The number of halogens is 2. The first-order valence-electron chi connectivity index (χ1n) is 9.56. The van der Waals surface area contributed by atoms with E-state index < -0.39 is 11.6 Å². The maximum atomic E-state index is 13.8. The fourth-order valence-corrected chi connectivity index (χ4v) is 5.08. The van der Waals surface area contributed by atoms with E-state index in [-0.39, 0.29) is 17.3 Å². The van der Waals surface area contributed by atoms with Crippen LogP contribution in [0.15, 0.2) is 12.1 Å². The van der Waals surface area contributed by atoms with Crippen LogP contribution in [0.25, 0.3) is 10.2 Å². The van der Waals surface area contributed by atoms with Crippen LogP contribution in [0.4, 0.5) is 13.9 Å². The Bertz CT molecular complexity index is 842. The summed E-state index contributed by atoms with van der Waals surface area (Å²) in [6.45, 7) is 7.25. The first-order chi connectivity index (χ1) is 13.0. The number of nitrogens with one attached hydrogen (secondary N) is 1. The number of likely N-dealkylation sites (tertiary alicyclic amines) is 2. The Kier molecular flexibility index (Phi) is 5.39. The molecule has 2 fully saturated rings. The second kappa shape index (κ2) is 7.77. The van der Waals surface area contributed by atoms with Gasteiger partial charge in [0.1, 0.15) is 11.3 Å². The highest BCUT2D eigenvalue weighted by molar-refractivity contribution is 7.22. The van der Waals surface area contributed by atoms with Crippen molar-refractivity contribution in [3.63, 3.8) is 0 Å². The van der Waals surface area contributed by atoms with Crippen LogP contribution in [-0.2, 0) is 4.79 Å². The summed E-state index contributed by atoms with van der Waals surface area (Å²) in [7, 11) is 0. The van der Waals surface area contributed by atoms with Crippen LogP contribution in [0.1, 0.15) is 26.2 Å². The summed E-state index contributed by atoms with van der Waals surface area (Å²) in [6, 6.07) is 2.58. The van der Waals surface area contributed by atoms with Crippen molar-refractivity contribution in [2.45, 2.75) is 32.2 Å². The third-order valence-electron chi connectivity index (χ3n) is 5.68. The number of thiazole rings is 1. The van der Waals surface area contributed by atoms with Crippen molar-refractivity contribution in [3.8, 4) is 0 Å². The van der Waals surface area contributed by atoms with Gasteiger partial charge >= 0.3 is 0 Å². The molecule has 5 nitrogen and oxygen atoms in total.